The highest BCUT2D eigenvalue weighted by Gasteiger charge is 2.34. The lowest BCUT2D eigenvalue weighted by atomic mass is 10.1. The molecule has 0 aliphatic rings. The number of alkyl halides is 3. The van der Waals surface area contributed by atoms with Crippen molar-refractivity contribution >= 4 is 39.7 Å². The third kappa shape index (κ3) is 3.36. The number of aromatic nitrogens is 2. The van der Waals surface area contributed by atoms with Crippen LogP contribution in [0.2, 0.25) is 5.02 Å². The Hall–Kier alpha value is -3.01. The van der Waals surface area contributed by atoms with E-state index in [1.807, 2.05) is 0 Å². The number of hydrogen-bond donors (Lipinski definition) is 1. The first-order valence-electron chi connectivity index (χ1n) is 6.89. The van der Waals surface area contributed by atoms with Crippen LogP contribution in [0.1, 0.15) is 5.56 Å². The molecule has 0 radical (unpaired) electrons. The lowest BCUT2D eigenvalue weighted by Gasteiger charge is -2.15. The van der Waals surface area contributed by atoms with Gasteiger partial charge in [0.05, 0.1) is 27.1 Å². The second kappa shape index (κ2) is 6.37. The van der Waals surface area contributed by atoms with Gasteiger partial charge in [-0.15, -0.1) is 0 Å². The maximum atomic E-state index is 13.7. The van der Waals surface area contributed by atoms with Crippen molar-refractivity contribution in [3.8, 4) is 0 Å². The molecule has 0 spiro atoms. The van der Waals surface area contributed by atoms with E-state index >= 15 is 0 Å². The first-order valence-corrected chi connectivity index (χ1v) is 7.27. The summed E-state index contributed by atoms with van der Waals surface area (Å²) in [6, 6.07) is 4.74. The van der Waals surface area contributed by atoms with E-state index in [4.69, 9.17) is 11.6 Å². The van der Waals surface area contributed by atoms with Crippen molar-refractivity contribution in [1.29, 1.82) is 0 Å². The molecule has 6 nitrogen and oxygen atoms in total. The minimum absolute atomic E-state index is 0.00637. The number of rotatable bonds is 3. The number of benzene rings is 2. The molecule has 0 bridgehead atoms. The molecule has 0 saturated heterocycles. The molecule has 26 heavy (non-hydrogen) atoms. The van der Waals surface area contributed by atoms with Crippen LogP contribution in [0.4, 0.5) is 34.8 Å². The van der Waals surface area contributed by atoms with Crippen LogP contribution in [0, 0.1) is 15.9 Å². The van der Waals surface area contributed by atoms with E-state index in [9.17, 15) is 27.7 Å². The lowest BCUT2D eigenvalue weighted by molar-refractivity contribution is -0.387. The van der Waals surface area contributed by atoms with Crippen LogP contribution in [0.5, 0.6) is 0 Å². The molecular formula is C15H7ClF4N4O2. The number of halogens is 5. The summed E-state index contributed by atoms with van der Waals surface area (Å²) in [6.45, 7) is 0. The van der Waals surface area contributed by atoms with Gasteiger partial charge < -0.3 is 5.32 Å². The predicted molar refractivity (Wildman–Crippen MR) is 85.9 cm³/mol. The van der Waals surface area contributed by atoms with Crippen LogP contribution in [0.3, 0.4) is 0 Å². The smallest absolute Gasteiger partial charge is 0.339 e. The molecule has 1 N–H and O–H groups in total. The zero-order chi connectivity index (χ0) is 19.1. The fourth-order valence-electron chi connectivity index (χ4n) is 2.29. The van der Waals surface area contributed by atoms with Crippen molar-refractivity contribution in [2.45, 2.75) is 6.18 Å². The first-order chi connectivity index (χ1) is 12.2. The molecule has 11 heteroatoms. The zero-order valence-electron chi connectivity index (χ0n) is 12.5. The zero-order valence-corrected chi connectivity index (χ0v) is 13.3. The van der Waals surface area contributed by atoms with Gasteiger partial charge in [-0.05, 0) is 18.2 Å². The van der Waals surface area contributed by atoms with E-state index < -0.39 is 28.2 Å². The maximum absolute atomic E-state index is 13.7. The van der Waals surface area contributed by atoms with Gasteiger partial charge in [0.1, 0.15) is 12.1 Å². The number of anilines is 2. The van der Waals surface area contributed by atoms with Crippen LogP contribution in [-0.2, 0) is 6.18 Å². The Kier molecular flexibility index (Phi) is 4.36. The summed E-state index contributed by atoms with van der Waals surface area (Å²) < 4.78 is 53.3. The van der Waals surface area contributed by atoms with Crippen LogP contribution < -0.4 is 5.32 Å². The monoisotopic (exact) mass is 386 g/mol. The predicted octanol–water partition coefficient (Wildman–Crippen LogP) is 5.09. The molecule has 2 aromatic carbocycles. The van der Waals surface area contributed by atoms with Crippen molar-refractivity contribution in [1.82, 2.24) is 9.97 Å². The van der Waals surface area contributed by atoms with Gasteiger partial charge in [0.15, 0.2) is 0 Å². The van der Waals surface area contributed by atoms with E-state index in [1.54, 1.807) is 0 Å². The second-order valence-corrected chi connectivity index (χ2v) is 5.55. The Morgan fingerprint density at radius 2 is 1.88 bits per heavy atom. The molecule has 0 unspecified atom stereocenters. The van der Waals surface area contributed by atoms with Gasteiger partial charge in [-0.2, -0.15) is 17.6 Å². The normalized spacial score (nSPS) is 11.6. The van der Waals surface area contributed by atoms with Crippen molar-refractivity contribution in [3.05, 3.63) is 63.2 Å². The summed E-state index contributed by atoms with van der Waals surface area (Å²) in [5, 5.41) is 13.2. The summed E-state index contributed by atoms with van der Waals surface area (Å²) in [6.07, 6.45) is -3.70. The van der Waals surface area contributed by atoms with Crippen molar-refractivity contribution in [3.63, 3.8) is 0 Å². The third-order valence-corrected chi connectivity index (χ3v) is 3.68. The van der Waals surface area contributed by atoms with Crippen LogP contribution in [0.25, 0.3) is 10.9 Å². The Balaban J connectivity index is 2.16. The second-order valence-electron chi connectivity index (χ2n) is 5.11. The fourth-order valence-corrected chi connectivity index (χ4v) is 2.47. The highest BCUT2D eigenvalue weighted by atomic mass is 35.5. The van der Waals surface area contributed by atoms with Crippen molar-refractivity contribution in [2.24, 2.45) is 0 Å². The molecular weight excluding hydrogens is 380 g/mol. The summed E-state index contributed by atoms with van der Waals surface area (Å²) in [5.74, 6) is -1.26. The van der Waals surface area contributed by atoms with E-state index in [1.165, 1.54) is 6.07 Å². The summed E-state index contributed by atoms with van der Waals surface area (Å²) in [4.78, 5) is 17.5. The van der Waals surface area contributed by atoms with Gasteiger partial charge >= 0.3 is 11.9 Å². The Labute approximate surface area is 147 Å². The molecule has 0 amide bonds. The molecule has 134 valence electrons. The summed E-state index contributed by atoms with van der Waals surface area (Å²) >= 11 is 5.62. The van der Waals surface area contributed by atoms with Gasteiger partial charge in [0.2, 0.25) is 5.82 Å². The van der Waals surface area contributed by atoms with Crippen LogP contribution in [-0.4, -0.2) is 14.9 Å². The molecule has 1 heterocycles. The largest absolute Gasteiger partial charge is 0.418 e. The molecule has 1 aromatic heterocycles. The average Bonchev–Trinajstić information content (AvgIpc) is 2.54. The first kappa shape index (κ1) is 17.8. The summed E-state index contributed by atoms with van der Waals surface area (Å²) in [7, 11) is 0. The lowest BCUT2D eigenvalue weighted by Crippen LogP contribution is -2.09. The SMILES string of the molecule is O=[N+]([O-])c1cc2c(Nc3ccc(Cl)cc3C(F)(F)F)ncnc2cc1F. The number of fused-ring (bicyclic) bond motifs is 1. The molecule has 0 aliphatic carbocycles. The number of hydrogen-bond acceptors (Lipinski definition) is 5. The van der Waals surface area contributed by atoms with E-state index in [-0.39, 0.29) is 27.4 Å². The highest BCUT2D eigenvalue weighted by molar-refractivity contribution is 6.30. The molecule has 0 atom stereocenters. The minimum Gasteiger partial charge on any atom is -0.339 e. The van der Waals surface area contributed by atoms with Gasteiger partial charge in [0, 0.05) is 17.2 Å². The number of nitro benzene ring substituents is 1. The van der Waals surface area contributed by atoms with E-state index in [0.717, 1.165) is 30.6 Å². The number of nitrogens with zero attached hydrogens (tertiary/aromatic N) is 3. The maximum Gasteiger partial charge on any atom is 0.418 e. The molecule has 0 fully saturated rings. The third-order valence-electron chi connectivity index (χ3n) is 3.44. The fraction of sp³-hybridized carbons (Fsp3) is 0.0667. The van der Waals surface area contributed by atoms with E-state index in [0.29, 0.717) is 0 Å². The summed E-state index contributed by atoms with van der Waals surface area (Å²) in [5.41, 5.74) is -2.27. The standard InChI is InChI=1S/C15H7ClF4N4O2/c16-7-1-2-11(9(3-7)15(18,19)20)23-14-8-4-13(24(25)26)10(17)5-12(8)21-6-22-14/h1-6H,(H,21,22,23). The average molecular weight is 387 g/mol. The van der Waals surface area contributed by atoms with Crippen LogP contribution >= 0.6 is 11.6 Å². The number of nitro groups is 1. The van der Waals surface area contributed by atoms with Crippen molar-refractivity contribution < 1.29 is 22.5 Å². The minimum atomic E-state index is -4.70. The molecule has 0 saturated carbocycles. The van der Waals surface area contributed by atoms with Gasteiger partial charge in [-0.25, -0.2) is 9.97 Å². The van der Waals surface area contributed by atoms with Gasteiger partial charge in [-0.3, -0.25) is 10.1 Å². The number of nitrogens with one attached hydrogen (secondary N) is 1. The topological polar surface area (TPSA) is 81.0 Å². The quantitative estimate of drug-likeness (QED) is 0.385. The molecule has 3 aromatic rings. The molecule has 3 rings (SSSR count). The Morgan fingerprint density at radius 1 is 1.15 bits per heavy atom. The van der Waals surface area contributed by atoms with Crippen molar-refractivity contribution in [2.75, 3.05) is 5.32 Å². The molecule has 0 aliphatic heterocycles. The van der Waals surface area contributed by atoms with E-state index in [2.05, 4.69) is 15.3 Å². The Bertz CT molecular complexity index is 1030. The van der Waals surface area contributed by atoms with Gasteiger partial charge in [0.25, 0.3) is 0 Å². The highest BCUT2D eigenvalue weighted by Crippen LogP contribution is 2.38. The Morgan fingerprint density at radius 3 is 2.54 bits per heavy atom. The van der Waals surface area contributed by atoms with Crippen LogP contribution in [0.15, 0.2) is 36.7 Å². The van der Waals surface area contributed by atoms with Gasteiger partial charge in [-0.1, -0.05) is 11.6 Å².